The van der Waals surface area contributed by atoms with Gasteiger partial charge in [-0.3, -0.25) is 4.79 Å². The predicted octanol–water partition coefficient (Wildman–Crippen LogP) is 3.51. The van der Waals surface area contributed by atoms with Crippen LogP contribution in [0.4, 0.5) is 17.1 Å². The molecule has 0 radical (unpaired) electrons. The molecule has 0 saturated carbocycles. The molecule has 0 spiro atoms. The lowest BCUT2D eigenvalue weighted by Crippen LogP contribution is -2.22. The Morgan fingerprint density at radius 3 is 2.22 bits per heavy atom. The first-order valence-corrected chi connectivity index (χ1v) is 9.31. The van der Waals surface area contributed by atoms with Crippen LogP contribution in [0.25, 0.3) is 0 Å². The molecule has 3 rings (SSSR count). The number of hydrogen-bond donors (Lipinski definition) is 2. The number of nitrogens with one attached hydrogen (secondary N) is 2. The molecule has 2 N–H and O–H groups in total. The summed E-state index contributed by atoms with van der Waals surface area (Å²) in [5.41, 5.74) is 3.24. The molecule has 1 aliphatic heterocycles. The van der Waals surface area contributed by atoms with Crippen LogP contribution in [0, 0.1) is 0 Å². The number of rotatable bonds is 7. The van der Waals surface area contributed by atoms with Crippen LogP contribution in [0.3, 0.4) is 0 Å². The molecule has 0 aliphatic carbocycles. The monoisotopic (exact) mass is 367 g/mol. The number of esters is 1. The summed E-state index contributed by atoms with van der Waals surface area (Å²) in [5.74, 6) is -0.517. The van der Waals surface area contributed by atoms with Gasteiger partial charge in [-0.15, -0.1) is 0 Å². The quantitative estimate of drug-likeness (QED) is 0.733. The van der Waals surface area contributed by atoms with E-state index in [1.54, 1.807) is 31.2 Å². The summed E-state index contributed by atoms with van der Waals surface area (Å²) in [6, 6.07) is 14.8. The average Bonchev–Trinajstić information content (AvgIpc) is 3.22. The standard InChI is InChI=1S/C21H25N3O3/c1-2-27-21(26)16-5-7-18(8-6-16)23-20(25)15-22-17-9-11-19(12-10-17)24-13-3-4-14-24/h5-12,22H,2-4,13-15H2,1H3,(H,23,25). The second kappa shape index (κ2) is 9.07. The van der Waals surface area contributed by atoms with Crippen molar-refractivity contribution in [3.05, 3.63) is 54.1 Å². The van der Waals surface area contributed by atoms with Gasteiger partial charge in [-0.25, -0.2) is 4.79 Å². The Balaban J connectivity index is 1.47. The van der Waals surface area contributed by atoms with Crippen molar-refractivity contribution in [1.82, 2.24) is 0 Å². The van der Waals surface area contributed by atoms with E-state index in [0.717, 1.165) is 18.8 Å². The Bertz CT molecular complexity index is 766. The Morgan fingerprint density at radius 1 is 0.963 bits per heavy atom. The molecule has 0 aromatic heterocycles. The van der Waals surface area contributed by atoms with Gasteiger partial charge in [0.05, 0.1) is 18.7 Å². The normalized spacial score (nSPS) is 13.3. The lowest BCUT2D eigenvalue weighted by atomic mass is 10.2. The highest BCUT2D eigenvalue weighted by Crippen LogP contribution is 2.22. The number of hydrogen-bond acceptors (Lipinski definition) is 5. The van der Waals surface area contributed by atoms with Gasteiger partial charge in [-0.2, -0.15) is 0 Å². The van der Waals surface area contributed by atoms with Crippen LogP contribution in [-0.2, 0) is 9.53 Å². The van der Waals surface area contributed by atoms with Crippen molar-refractivity contribution >= 4 is 28.9 Å². The van der Waals surface area contributed by atoms with Gasteiger partial charge in [0.1, 0.15) is 0 Å². The van der Waals surface area contributed by atoms with Crippen molar-refractivity contribution in [3.8, 4) is 0 Å². The fourth-order valence-electron chi connectivity index (χ4n) is 3.06. The highest BCUT2D eigenvalue weighted by Gasteiger charge is 2.12. The van der Waals surface area contributed by atoms with Gasteiger partial charge in [0, 0.05) is 30.2 Å². The van der Waals surface area contributed by atoms with Crippen molar-refractivity contribution in [2.45, 2.75) is 19.8 Å². The zero-order valence-corrected chi connectivity index (χ0v) is 15.5. The molecule has 1 fully saturated rings. The maximum absolute atomic E-state index is 12.1. The third-order valence-corrected chi connectivity index (χ3v) is 4.47. The molecule has 0 bridgehead atoms. The molecule has 2 aromatic rings. The number of nitrogens with zero attached hydrogens (tertiary/aromatic N) is 1. The largest absolute Gasteiger partial charge is 0.462 e. The van der Waals surface area contributed by atoms with Crippen LogP contribution in [0.15, 0.2) is 48.5 Å². The van der Waals surface area contributed by atoms with Gasteiger partial charge < -0.3 is 20.3 Å². The Morgan fingerprint density at radius 2 is 1.59 bits per heavy atom. The second-order valence-corrected chi connectivity index (χ2v) is 6.44. The molecule has 27 heavy (non-hydrogen) atoms. The SMILES string of the molecule is CCOC(=O)c1ccc(NC(=O)CNc2ccc(N3CCCC3)cc2)cc1. The predicted molar refractivity (Wildman–Crippen MR) is 107 cm³/mol. The van der Waals surface area contributed by atoms with E-state index in [-0.39, 0.29) is 18.4 Å². The van der Waals surface area contributed by atoms with Crippen LogP contribution in [-0.4, -0.2) is 38.1 Å². The van der Waals surface area contributed by atoms with E-state index in [9.17, 15) is 9.59 Å². The van der Waals surface area contributed by atoms with E-state index in [0.29, 0.717) is 17.9 Å². The highest BCUT2D eigenvalue weighted by atomic mass is 16.5. The average molecular weight is 367 g/mol. The first-order chi connectivity index (χ1) is 13.2. The van der Waals surface area contributed by atoms with E-state index in [2.05, 4.69) is 27.7 Å². The molecular weight excluding hydrogens is 342 g/mol. The first kappa shape index (κ1) is 18.8. The summed E-state index contributed by atoms with van der Waals surface area (Å²) >= 11 is 0. The maximum atomic E-state index is 12.1. The van der Waals surface area contributed by atoms with Gasteiger partial charge in [0.25, 0.3) is 0 Å². The van der Waals surface area contributed by atoms with Crippen molar-refractivity contribution in [3.63, 3.8) is 0 Å². The number of carbonyl (C=O) groups excluding carboxylic acids is 2. The lowest BCUT2D eigenvalue weighted by molar-refractivity contribution is -0.114. The van der Waals surface area contributed by atoms with Crippen LogP contribution < -0.4 is 15.5 Å². The van der Waals surface area contributed by atoms with E-state index in [1.165, 1.54) is 18.5 Å². The number of benzene rings is 2. The number of amides is 1. The van der Waals surface area contributed by atoms with Crippen LogP contribution in [0.1, 0.15) is 30.1 Å². The van der Waals surface area contributed by atoms with Gasteiger partial charge in [0.2, 0.25) is 5.91 Å². The maximum Gasteiger partial charge on any atom is 0.338 e. The zero-order valence-electron chi connectivity index (χ0n) is 15.5. The van der Waals surface area contributed by atoms with Crippen LogP contribution in [0.5, 0.6) is 0 Å². The van der Waals surface area contributed by atoms with E-state index in [4.69, 9.17) is 4.74 Å². The van der Waals surface area contributed by atoms with E-state index >= 15 is 0 Å². The molecule has 6 heteroatoms. The summed E-state index contributed by atoms with van der Waals surface area (Å²) < 4.78 is 4.94. The fraction of sp³-hybridized carbons (Fsp3) is 0.333. The number of anilines is 3. The van der Waals surface area contributed by atoms with Crippen molar-refractivity contribution in [2.75, 3.05) is 41.8 Å². The van der Waals surface area contributed by atoms with Crippen molar-refractivity contribution < 1.29 is 14.3 Å². The summed E-state index contributed by atoms with van der Waals surface area (Å²) in [7, 11) is 0. The Hall–Kier alpha value is -3.02. The molecule has 6 nitrogen and oxygen atoms in total. The summed E-state index contributed by atoms with van der Waals surface area (Å²) in [5, 5.41) is 5.93. The lowest BCUT2D eigenvalue weighted by Gasteiger charge is -2.18. The van der Waals surface area contributed by atoms with E-state index < -0.39 is 0 Å². The minimum atomic E-state index is -0.366. The number of carbonyl (C=O) groups is 2. The fourth-order valence-corrected chi connectivity index (χ4v) is 3.06. The molecular formula is C21H25N3O3. The summed E-state index contributed by atoms with van der Waals surface area (Å²) in [4.78, 5) is 26.1. The van der Waals surface area contributed by atoms with E-state index in [1.807, 2.05) is 12.1 Å². The zero-order chi connectivity index (χ0) is 19.1. The first-order valence-electron chi connectivity index (χ1n) is 9.31. The van der Waals surface area contributed by atoms with Gasteiger partial charge in [0.15, 0.2) is 0 Å². The molecule has 1 saturated heterocycles. The minimum Gasteiger partial charge on any atom is -0.462 e. The van der Waals surface area contributed by atoms with Gasteiger partial charge in [-0.05, 0) is 68.3 Å². The molecule has 0 atom stereocenters. The van der Waals surface area contributed by atoms with Crippen molar-refractivity contribution in [1.29, 1.82) is 0 Å². The third kappa shape index (κ3) is 5.23. The molecule has 2 aromatic carbocycles. The number of ether oxygens (including phenoxy) is 1. The smallest absolute Gasteiger partial charge is 0.338 e. The molecule has 1 amide bonds. The van der Waals surface area contributed by atoms with Gasteiger partial charge >= 0.3 is 5.97 Å². The molecule has 1 heterocycles. The summed E-state index contributed by atoms with van der Waals surface area (Å²) in [6.45, 7) is 4.50. The third-order valence-electron chi connectivity index (χ3n) is 4.47. The minimum absolute atomic E-state index is 0.150. The van der Waals surface area contributed by atoms with Crippen LogP contribution >= 0.6 is 0 Å². The Kier molecular flexibility index (Phi) is 6.30. The molecule has 142 valence electrons. The van der Waals surface area contributed by atoms with Crippen LogP contribution in [0.2, 0.25) is 0 Å². The molecule has 1 aliphatic rings. The second-order valence-electron chi connectivity index (χ2n) is 6.44. The molecule has 0 unspecified atom stereocenters. The Labute approximate surface area is 159 Å². The summed E-state index contributed by atoms with van der Waals surface area (Å²) in [6.07, 6.45) is 2.50. The van der Waals surface area contributed by atoms with Gasteiger partial charge in [-0.1, -0.05) is 0 Å². The topological polar surface area (TPSA) is 70.7 Å². The van der Waals surface area contributed by atoms with Crippen molar-refractivity contribution in [2.24, 2.45) is 0 Å². The highest BCUT2D eigenvalue weighted by molar-refractivity contribution is 5.95.